The molecule has 1 aromatic carbocycles. The Labute approximate surface area is 69.1 Å². The highest BCUT2D eigenvalue weighted by atomic mass is 16.6. The van der Waals surface area contributed by atoms with Crippen molar-refractivity contribution in [3.05, 3.63) is 23.1 Å². The minimum absolute atomic E-state index is 0.298. The molecule has 0 saturated heterocycles. The normalized spacial score (nSPS) is 14.0. The van der Waals surface area contributed by atoms with Crippen molar-refractivity contribution >= 4 is 5.69 Å². The zero-order valence-corrected chi connectivity index (χ0v) is 6.32. The van der Waals surface area contributed by atoms with Gasteiger partial charge in [-0.3, -0.25) is 0 Å². The fourth-order valence-corrected chi connectivity index (χ4v) is 1.13. The van der Waals surface area contributed by atoms with Crippen LogP contribution in [0.1, 0.15) is 0 Å². The number of hydrogen-bond acceptors (Lipinski definition) is 4. The minimum Gasteiger partial charge on any atom is -0.486 e. The highest BCUT2D eigenvalue weighted by Crippen LogP contribution is 2.38. The molecule has 12 heavy (non-hydrogen) atoms. The lowest BCUT2D eigenvalue weighted by molar-refractivity contribution is 0.172. The van der Waals surface area contributed by atoms with Crippen LogP contribution in [0.3, 0.4) is 0 Å². The van der Waals surface area contributed by atoms with Crippen LogP contribution in [-0.4, -0.2) is 13.2 Å². The summed E-state index contributed by atoms with van der Waals surface area (Å²) in [7, 11) is 0. The van der Waals surface area contributed by atoms with Crippen LogP contribution < -0.4 is 9.47 Å². The SMILES string of the molecule is O=Nc1cccc2c1OCCO2. The average Bonchev–Trinajstić information content (AvgIpc) is 2.17. The van der Waals surface area contributed by atoms with Gasteiger partial charge in [0.25, 0.3) is 0 Å². The number of nitroso groups, excluding NO2 is 1. The van der Waals surface area contributed by atoms with Crippen molar-refractivity contribution in [2.75, 3.05) is 13.2 Å². The molecule has 2 rings (SSSR count). The van der Waals surface area contributed by atoms with E-state index in [4.69, 9.17) is 9.47 Å². The summed E-state index contributed by atoms with van der Waals surface area (Å²) in [4.78, 5) is 10.3. The predicted molar refractivity (Wildman–Crippen MR) is 42.9 cm³/mol. The molecule has 1 aliphatic heterocycles. The molecule has 0 aromatic heterocycles. The van der Waals surface area contributed by atoms with Gasteiger partial charge >= 0.3 is 0 Å². The molecule has 0 fully saturated rings. The molecule has 0 spiro atoms. The van der Waals surface area contributed by atoms with Crippen molar-refractivity contribution in [2.24, 2.45) is 5.18 Å². The summed E-state index contributed by atoms with van der Waals surface area (Å²) in [6, 6.07) is 5.06. The summed E-state index contributed by atoms with van der Waals surface area (Å²) in [6.07, 6.45) is 0. The molecule has 1 aromatic rings. The zero-order chi connectivity index (χ0) is 8.39. The molecule has 4 nitrogen and oxygen atoms in total. The van der Waals surface area contributed by atoms with Crippen molar-refractivity contribution < 1.29 is 9.47 Å². The van der Waals surface area contributed by atoms with E-state index in [9.17, 15) is 4.91 Å². The van der Waals surface area contributed by atoms with E-state index in [1.165, 1.54) is 0 Å². The van der Waals surface area contributed by atoms with E-state index in [2.05, 4.69) is 5.18 Å². The van der Waals surface area contributed by atoms with Gasteiger partial charge in [-0.05, 0) is 17.3 Å². The van der Waals surface area contributed by atoms with Gasteiger partial charge < -0.3 is 9.47 Å². The summed E-state index contributed by atoms with van der Waals surface area (Å²) in [5, 5.41) is 2.83. The van der Waals surface area contributed by atoms with Gasteiger partial charge in [0, 0.05) is 0 Å². The summed E-state index contributed by atoms with van der Waals surface area (Å²) in [5.74, 6) is 1.05. The van der Waals surface area contributed by atoms with Gasteiger partial charge in [0.1, 0.15) is 13.2 Å². The maximum Gasteiger partial charge on any atom is 0.190 e. The van der Waals surface area contributed by atoms with Gasteiger partial charge in [0.05, 0.1) is 0 Å². The number of benzene rings is 1. The summed E-state index contributed by atoms with van der Waals surface area (Å²) in [5.41, 5.74) is 0.298. The van der Waals surface area contributed by atoms with Crippen LogP contribution in [-0.2, 0) is 0 Å². The van der Waals surface area contributed by atoms with Crippen molar-refractivity contribution in [3.8, 4) is 11.5 Å². The first kappa shape index (κ1) is 7.09. The Bertz CT molecular complexity index is 311. The first-order chi connectivity index (χ1) is 5.92. The molecule has 0 atom stereocenters. The molecule has 0 saturated carbocycles. The minimum atomic E-state index is 0.298. The van der Waals surface area contributed by atoms with Crippen LogP contribution >= 0.6 is 0 Å². The molecule has 0 N–H and O–H groups in total. The van der Waals surface area contributed by atoms with Crippen LogP contribution in [0.5, 0.6) is 11.5 Å². The van der Waals surface area contributed by atoms with E-state index in [0.29, 0.717) is 30.4 Å². The molecule has 0 amide bonds. The third-order valence-electron chi connectivity index (χ3n) is 1.64. The molecule has 1 aliphatic rings. The smallest absolute Gasteiger partial charge is 0.190 e. The Morgan fingerprint density at radius 2 is 2.08 bits per heavy atom. The van der Waals surface area contributed by atoms with Crippen molar-refractivity contribution in [1.82, 2.24) is 0 Å². The highest BCUT2D eigenvalue weighted by Gasteiger charge is 2.15. The predicted octanol–water partition coefficient (Wildman–Crippen LogP) is 1.86. The number of ether oxygens (including phenoxy) is 2. The lowest BCUT2D eigenvalue weighted by atomic mass is 10.2. The molecule has 0 aliphatic carbocycles. The van der Waals surface area contributed by atoms with Crippen LogP contribution in [0.2, 0.25) is 0 Å². The molecule has 0 bridgehead atoms. The maximum absolute atomic E-state index is 10.3. The fraction of sp³-hybridized carbons (Fsp3) is 0.250. The van der Waals surface area contributed by atoms with Gasteiger partial charge in [-0.15, -0.1) is 4.91 Å². The second-order valence-corrected chi connectivity index (χ2v) is 2.39. The second-order valence-electron chi connectivity index (χ2n) is 2.39. The Hall–Kier alpha value is -1.58. The van der Waals surface area contributed by atoms with E-state index in [1.54, 1.807) is 18.2 Å². The summed E-state index contributed by atoms with van der Waals surface area (Å²) >= 11 is 0. The van der Waals surface area contributed by atoms with Crippen molar-refractivity contribution in [2.45, 2.75) is 0 Å². The third-order valence-corrected chi connectivity index (χ3v) is 1.64. The van der Waals surface area contributed by atoms with E-state index in [0.717, 1.165) is 0 Å². The van der Waals surface area contributed by atoms with E-state index in [-0.39, 0.29) is 0 Å². The molecule has 1 heterocycles. The Balaban J connectivity index is 2.51. The molecular weight excluding hydrogens is 158 g/mol. The molecule has 62 valence electrons. The van der Waals surface area contributed by atoms with Crippen LogP contribution in [0.15, 0.2) is 23.4 Å². The highest BCUT2D eigenvalue weighted by molar-refractivity contribution is 5.59. The van der Waals surface area contributed by atoms with E-state index >= 15 is 0 Å². The molecular formula is C8H7NO3. The molecule has 0 radical (unpaired) electrons. The molecule has 0 unspecified atom stereocenters. The number of nitrogens with zero attached hydrogens (tertiary/aromatic N) is 1. The summed E-state index contributed by atoms with van der Waals surface area (Å²) < 4.78 is 10.5. The van der Waals surface area contributed by atoms with Gasteiger partial charge in [0.2, 0.25) is 0 Å². The first-order valence-corrected chi connectivity index (χ1v) is 3.64. The van der Waals surface area contributed by atoms with Gasteiger partial charge in [0.15, 0.2) is 17.2 Å². The Kier molecular flexibility index (Phi) is 1.66. The van der Waals surface area contributed by atoms with Gasteiger partial charge in [-0.25, -0.2) is 0 Å². The monoisotopic (exact) mass is 165 g/mol. The number of fused-ring (bicyclic) bond motifs is 1. The molecule has 4 heteroatoms. The summed E-state index contributed by atoms with van der Waals surface area (Å²) in [6.45, 7) is 0.995. The quantitative estimate of drug-likeness (QED) is 0.596. The second kappa shape index (κ2) is 2.81. The topological polar surface area (TPSA) is 47.9 Å². The fourth-order valence-electron chi connectivity index (χ4n) is 1.13. The van der Waals surface area contributed by atoms with Gasteiger partial charge in [-0.1, -0.05) is 6.07 Å². The van der Waals surface area contributed by atoms with E-state index in [1.807, 2.05) is 0 Å². The maximum atomic E-state index is 10.3. The largest absolute Gasteiger partial charge is 0.486 e. The standard InChI is InChI=1S/C8H7NO3/c10-9-6-2-1-3-7-8(6)12-5-4-11-7/h1-3H,4-5H2. The van der Waals surface area contributed by atoms with Crippen LogP contribution in [0, 0.1) is 4.91 Å². The number of hydrogen-bond donors (Lipinski definition) is 0. The van der Waals surface area contributed by atoms with Crippen LogP contribution in [0.25, 0.3) is 0 Å². The number of para-hydroxylation sites is 1. The third kappa shape index (κ3) is 1.01. The Morgan fingerprint density at radius 3 is 2.92 bits per heavy atom. The lowest BCUT2D eigenvalue weighted by Crippen LogP contribution is -2.15. The average molecular weight is 165 g/mol. The lowest BCUT2D eigenvalue weighted by Gasteiger charge is -2.18. The van der Waals surface area contributed by atoms with Crippen molar-refractivity contribution in [1.29, 1.82) is 0 Å². The number of rotatable bonds is 1. The van der Waals surface area contributed by atoms with E-state index < -0.39 is 0 Å². The van der Waals surface area contributed by atoms with Crippen molar-refractivity contribution in [3.63, 3.8) is 0 Å². The first-order valence-electron chi connectivity index (χ1n) is 3.64. The zero-order valence-electron chi connectivity index (χ0n) is 6.32. The van der Waals surface area contributed by atoms with Gasteiger partial charge in [-0.2, -0.15) is 0 Å². The Morgan fingerprint density at radius 1 is 1.25 bits per heavy atom. The van der Waals surface area contributed by atoms with Crippen LogP contribution in [0.4, 0.5) is 5.69 Å².